The zero-order valence-corrected chi connectivity index (χ0v) is 18.7. The fourth-order valence-electron chi connectivity index (χ4n) is 3.04. The summed E-state index contributed by atoms with van der Waals surface area (Å²) in [5.74, 6) is 1.87. The van der Waals surface area contributed by atoms with Crippen LogP contribution in [0.1, 0.15) is 57.8 Å². The molecule has 0 saturated heterocycles. The number of aliphatic imine (C=N–C) groups is 1. The molecule has 1 rings (SSSR count). The van der Waals surface area contributed by atoms with Gasteiger partial charge in [0.1, 0.15) is 5.69 Å². The number of hydrogen-bond acceptors (Lipinski definition) is 3. The number of hydrogen-bond donors (Lipinski definition) is 2. The summed E-state index contributed by atoms with van der Waals surface area (Å²) in [7, 11) is 1.73. The van der Waals surface area contributed by atoms with Crippen LogP contribution in [-0.4, -0.2) is 17.9 Å². The summed E-state index contributed by atoms with van der Waals surface area (Å²) in [6.07, 6.45) is 10.8. The van der Waals surface area contributed by atoms with Crippen molar-refractivity contribution in [3.63, 3.8) is 0 Å². The lowest BCUT2D eigenvalue weighted by atomic mass is 9.92. The third-order valence-corrected chi connectivity index (χ3v) is 4.46. The van der Waals surface area contributed by atoms with Crippen LogP contribution < -0.4 is 10.6 Å². The van der Waals surface area contributed by atoms with Crippen LogP contribution in [0.3, 0.4) is 0 Å². The van der Waals surface area contributed by atoms with Crippen molar-refractivity contribution >= 4 is 5.84 Å². The van der Waals surface area contributed by atoms with Gasteiger partial charge in [0.05, 0.1) is 12.2 Å². The highest BCUT2D eigenvalue weighted by Crippen LogP contribution is 2.20. The van der Waals surface area contributed by atoms with Crippen LogP contribution in [0.15, 0.2) is 72.6 Å². The van der Waals surface area contributed by atoms with Crippen molar-refractivity contribution in [1.29, 1.82) is 0 Å². The number of allylic oxidation sites excluding steroid dienone is 4. The second kappa shape index (κ2) is 13.5. The zero-order valence-electron chi connectivity index (χ0n) is 18.7. The molecule has 0 bridgehead atoms. The van der Waals surface area contributed by atoms with Crippen LogP contribution >= 0.6 is 0 Å². The second-order valence-corrected chi connectivity index (χ2v) is 7.71. The lowest BCUT2D eigenvalue weighted by Crippen LogP contribution is -2.24. The molecule has 158 valence electrons. The molecule has 1 heterocycles. The van der Waals surface area contributed by atoms with Gasteiger partial charge < -0.3 is 10.6 Å². The number of pyridine rings is 1. The fourth-order valence-corrected chi connectivity index (χ4v) is 3.04. The Balaban J connectivity index is 2.70. The molecule has 1 atom stereocenters. The average molecular weight is 395 g/mol. The monoisotopic (exact) mass is 394 g/mol. The van der Waals surface area contributed by atoms with E-state index in [1.165, 1.54) is 12.8 Å². The molecule has 0 aliphatic heterocycles. The van der Waals surface area contributed by atoms with Crippen molar-refractivity contribution in [2.45, 2.75) is 53.0 Å². The molecular formula is C25H38N4. The summed E-state index contributed by atoms with van der Waals surface area (Å²) in [6.45, 7) is 19.2. The zero-order chi connectivity index (χ0) is 21.6. The second-order valence-electron chi connectivity index (χ2n) is 7.71. The highest BCUT2D eigenvalue weighted by atomic mass is 15.0. The summed E-state index contributed by atoms with van der Waals surface area (Å²) in [6, 6.07) is 5.92. The summed E-state index contributed by atoms with van der Waals surface area (Å²) in [5.41, 5.74) is 3.46. The van der Waals surface area contributed by atoms with Crippen LogP contribution in [0, 0.1) is 11.8 Å². The number of rotatable bonds is 13. The van der Waals surface area contributed by atoms with E-state index in [4.69, 9.17) is 4.98 Å². The minimum Gasteiger partial charge on any atom is -0.383 e. The molecule has 1 unspecified atom stereocenters. The molecule has 0 saturated carbocycles. The van der Waals surface area contributed by atoms with Crippen LogP contribution in [0.2, 0.25) is 0 Å². The molecule has 0 amide bonds. The molecule has 4 heteroatoms. The molecule has 1 aromatic rings. The van der Waals surface area contributed by atoms with E-state index in [1.54, 1.807) is 13.1 Å². The topological polar surface area (TPSA) is 49.3 Å². The van der Waals surface area contributed by atoms with Crippen molar-refractivity contribution < 1.29 is 0 Å². The molecule has 1 aromatic heterocycles. The number of unbranched alkanes of at least 4 members (excludes halogenated alkanes) is 1. The molecule has 0 spiro atoms. The van der Waals surface area contributed by atoms with Crippen LogP contribution in [0.4, 0.5) is 0 Å². The van der Waals surface area contributed by atoms with Gasteiger partial charge in [-0.05, 0) is 49.3 Å². The van der Waals surface area contributed by atoms with E-state index in [2.05, 4.69) is 68.3 Å². The van der Waals surface area contributed by atoms with E-state index in [0.717, 1.165) is 29.9 Å². The van der Waals surface area contributed by atoms with E-state index >= 15 is 0 Å². The smallest absolute Gasteiger partial charge is 0.151 e. The van der Waals surface area contributed by atoms with Crippen molar-refractivity contribution in [3.05, 3.63) is 78.9 Å². The number of amidine groups is 1. The first-order chi connectivity index (χ1) is 13.9. The first-order valence-electron chi connectivity index (χ1n) is 10.5. The third-order valence-electron chi connectivity index (χ3n) is 4.46. The van der Waals surface area contributed by atoms with E-state index < -0.39 is 0 Å². The van der Waals surface area contributed by atoms with Gasteiger partial charge in [-0.15, -0.1) is 0 Å². The van der Waals surface area contributed by atoms with E-state index in [-0.39, 0.29) is 0 Å². The Bertz CT molecular complexity index is 728. The van der Waals surface area contributed by atoms with Crippen molar-refractivity contribution in [2.75, 3.05) is 7.05 Å². The molecule has 4 nitrogen and oxygen atoms in total. The largest absolute Gasteiger partial charge is 0.383 e. The molecule has 2 N–H and O–H groups in total. The van der Waals surface area contributed by atoms with Gasteiger partial charge in [-0.3, -0.25) is 4.99 Å². The summed E-state index contributed by atoms with van der Waals surface area (Å²) in [5, 5.41) is 6.57. The fraction of sp³-hybridized carbons (Fsp3) is 0.440. The van der Waals surface area contributed by atoms with Crippen LogP contribution in [0.5, 0.6) is 0 Å². The van der Waals surface area contributed by atoms with Crippen LogP contribution in [0.25, 0.3) is 0 Å². The van der Waals surface area contributed by atoms with E-state index in [9.17, 15) is 0 Å². The maximum Gasteiger partial charge on any atom is 0.151 e. The predicted molar refractivity (Wildman–Crippen MR) is 127 cm³/mol. The standard InChI is InChI=1S/C25H38N4/c1-8-10-11-13-22(16-19(3)4)17-21(6)27-18-23-14-12-15-24(29-23)25(26-7)28-20(5)9-2/h9,11-15,19,22,27H,2,5-6,8,10,16-18H2,1,3-4,7H3,(H,26,28)/b13-11+. The summed E-state index contributed by atoms with van der Waals surface area (Å²) in [4.78, 5) is 8.98. The van der Waals surface area contributed by atoms with Gasteiger partial charge >= 0.3 is 0 Å². The number of aromatic nitrogens is 1. The minimum atomic E-state index is 0.522. The van der Waals surface area contributed by atoms with Crippen molar-refractivity contribution in [1.82, 2.24) is 15.6 Å². The minimum absolute atomic E-state index is 0.522. The van der Waals surface area contributed by atoms with Gasteiger partial charge in [0.15, 0.2) is 5.84 Å². The normalized spacial score (nSPS) is 12.8. The highest BCUT2D eigenvalue weighted by Gasteiger charge is 2.10. The third kappa shape index (κ3) is 9.93. The highest BCUT2D eigenvalue weighted by molar-refractivity contribution is 5.98. The lowest BCUT2D eigenvalue weighted by Gasteiger charge is -2.18. The molecular weight excluding hydrogens is 356 g/mol. The van der Waals surface area contributed by atoms with Crippen molar-refractivity contribution in [2.24, 2.45) is 16.8 Å². The molecule has 0 aliphatic rings. The Morgan fingerprint density at radius 3 is 2.66 bits per heavy atom. The van der Waals surface area contributed by atoms with Crippen molar-refractivity contribution in [3.8, 4) is 0 Å². The Morgan fingerprint density at radius 2 is 2.03 bits per heavy atom. The lowest BCUT2D eigenvalue weighted by molar-refractivity contribution is 0.462. The number of nitrogens with one attached hydrogen (secondary N) is 2. The maximum absolute atomic E-state index is 4.71. The summed E-state index contributed by atoms with van der Waals surface area (Å²) >= 11 is 0. The molecule has 0 radical (unpaired) electrons. The Labute approximate surface area is 177 Å². The number of nitrogens with zero attached hydrogens (tertiary/aromatic N) is 2. The van der Waals surface area contributed by atoms with Gasteiger partial charge in [0.25, 0.3) is 0 Å². The van der Waals surface area contributed by atoms with Gasteiger partial charge in [0.2, 0.25) is 0 Å². The van der Waals surface area contributed by atoms with Gasteiger partial charge in [-0.25, -0.2) is 4.98 Å². The Kier molecular flexibility index (Phi) is 11.4. The Morgan fingerprint density at radius 1 is 1.28 bits per heavy atom. The predicted octanol–water partition coefficient (Wildman–Crippen LogP) is 5.76. The van der Waals surface area contributed by atoms with E-state index in [0.29, 0.717) is 29.9 Å². The first-order valence-corrected chi connectivity index (χ1v) is 10.5. The molecule has 29 heavy (non-hydrogen) atoms. The first kappa shape index (κ1) is 24.4. The van der Waals surface area contributed by atoms with Gasteiger partial charge in [0, 0.05) is 18.4 Å². The van der Waals surface area contributed by atoms with Gasteiger partial charge in [-0.1, -0.05) is 65.1 Å². The maximum atomic E-state index is 4.71. The Hall–Kier alpha value is -2.62. The molecule has 0 aromatic carbocycles. The summed E-state index contributed by atoms with van der Waals surface area (Å²) < 4.78 is 0. The quantitative estimate of drug-likeness (QED) is 0.193. The average Bonchev–Trinajstić information content (AvgIpc) is 2.70. The van der Waals surface area contributed by atoms with Gasteiger partial charge in [-0.2, -0.15) is 0 Å². The SMILES string of the molecule is C=CC(=C)N/C(=N\C)c1cccc(CNC(=C)CC(/C=C/CCC)CC(C)C)n1. The molecule has 0 aliphatic carbocycles. The van der Waals surface area contributed by atoms with Crippen LogP contribution in [-0.2, 0) is 6.54 Å². The van der Waals surface area contributed by atoms with E-state index in [1.807, 2.05) is 18.2 Å². The molecule has 0 fully saturated rings.